The summed E-state index contributed by atoms with van der Waals surface area (Å²) in [5.41, 5.74) is -0.229. The minimum atomic E-state index is -1.45. The van der Waals surface area contributed by atoms with E-state index in [1.165, 1.54) is 18.2 Å². The van der Waals surface area contributed by atoms with Crippen molar-refractivity contribution in [2.24, 2.45) is 0 Å². The Morgan fingerprint density at radius 1 is 1.17 bits per heavy atom. The summed E-state index contributed by atoms with van der Waals surface area (Å²) in [5, 5.41) is 21.0. The van der Waals surface area contributed by atoms with Gasteiger partial charge in [-0.1, -0.05) is 6.07 Å². The van der Waals surface area contributed by atoms with Gasteiger partial charge in [-0.3, -0.25) is 10.1 Å². The summed E-state index contributed by atoms with van der Waals surface area (Å²) in [7, 11) is 0. The molecule has 0 spiro atoms. The second-order valence-electron chi connectivity index (χ2n) is 5.14. The Bertz CT molecular complexity index is 797. The van der Waals surface area contributed by atoms with Gasteiger partial charge in [0, 0.05) is 22.1 Å². The average molecular weight is 325 g/mol. The smallest absolute Gasteiger partial charge is 0.257 e. The Morgan fingerprint density at radius 2 is 1.87 bits per heavy atom. The minimum Gasteiger partial charge on any atom is -0.508 e. The molecule has 8 heteroatoms. The molecule has 0 saturated heterocycles. The predicted molar refractivity (Wildman–Crippen MR) is 72.3 cm³/mol. The van der Waals surface area contributed by atoms with E-state index in [2.05, 4.69) is 0 Å². The fraction of sp³-hybridized carbons (Fsp3) is 0.200. The van der Waals surface area contributed by atoms with Gasteiger partial charge in [-0.15, -0.1) is 0 Å². The SMILES string of the molecule is O=[N+]([O-])C1Cc2c(O)cccc2OC1c1cc(F)c(F)cc1F. The molecule has 0 radical (unpaired) electrons. The Balaban J connectivity index is 2.11. The lowest BCUT2D eigenvalue weighted by Gasteiger charge is -2.29. The van der Waals surface area contributed by atoms with Crippen LogP contribution in [0.2, 0.25) is 0 Å². The molecule has 2 unspecified atom stereocenters. The Hall–Kier alpha value is -2.77. The maximum Gasteiger partial charge on any atom is 0.257 e. The van der Waals surface area contributed by atoms with E-state index in [4.69, 9.17) is 4.74 Å². The van der Waals surface area contributed by atoms with Crippen molar-refractivity contribution in [1.82, 2.24) is 0 Å². The van der Waals surface area contributed by atoms with Gasteiger partial charge in [0.2, 0.25) is 0 Å². The second kappa shape index (κ2) is 5.45. The van der Waals surface area contributed by atoms with Crippen molar-refractivity contribution in [3.8, 4) is 11.5 Å². The monoisotopic (exact) mass is 325 g/mol. The molecule has 0 aliphatic carbocycles. The van der Waals surface area contributed by atoms with Crippen LogP contribution in [-0.2, 0) is 6.42 Å². The normalized spacial score (nSPS) is 19.8. The Kier molecular flexibility index (Phi) is 3.59. The van der Waals surface area contributed by atoms with Crippen LogP contribution in [0.3, 0.4) is 0 Å². The molecule has 1 aliphatic heterocycles. The van der Waals surface area contributed by atoms with Gasteiger partial charge < -0.3 is 9.84 Å². The van der Waals surface area contributed by atoms with Crippen LogP contribution in [0.15, 0.2) is 30.3 Å². The number of ether oxygens (including phenoxy) is 1. The van der Waals surface area contributed by atoms with E-state index in [0.717, 1.165) is 0 Å². The number of benzene rings is 2. The molecule has 1 aliphatic rings. The molecule has 5 nitrogen and oxygen atoms in total. The molecular weight excluding hydrogens is 315 g/mol. The summed E-state index contributed by atoms with van der Waals surface area (Å²) in [6, 6.07) is 3.69. The third-order valence-electron chi connectivity index (χ3n) is 3.74. The number of phenolic OH excluding ortho intramolecular Hbond substituents is 1. The number of hydrogen-bond donors (Lipinski definition) is 1. The van der Waals surface area contributed by atoms with Crippen LogP contribution in [0.1, 0.15) is 17.2 Å². The van der Waals surface area contributed by atoms with E-state index in [-0.39, 0.29) is 23.5 Å². The van der Waals surface area contributed by atoms with Crippen molar-refractivity contribution in [3.05, 3.63) is 69.0 Å². The Labute approximate surface area is 128 Å². The lowest BCUT2D eigenvalue weighted by atomic mass is 9.92. The summed E-state index contributed by atoms with van der Waals surface area (Å²) in [5.74, 6) is -3.90. The quantitative estimate of drug-likeness (QED) is 0.523. The highest BCUT2D eigenvalue weighted by molar-refractivity contribution is 5.46. The highest BCUT2D eigenvalue weighted by atomic mass is 19.2. The number of nitrogens with zero attached hydrogens (tertiary/aromatic N) is 1. The molecule has 1 N–H and O–H groups in total. The number of aromatic hydroxyl groups is 1. The number of halogens is 3. The van der Waals surface area contributed by atoms with Gasteiger partial charge >= 0.3 is 0 Å². The predicted octanol–water partition coefficient (Wildman–Crippen LogP) is 3.13. The number of nitro groups is 1. The van der Waals surface area contributed by atoms with Crippen LogP contribution in [0.25, 0.3) is 0 Å². The van der Waals surface area contributed by atoms with Crippen molar-refractivity contribution < 1.29 is 27.9 Å². The zero-order valence-corrected chi connectivity index (χ0v) is 11.5. The highest BCUT2D eigenvalue weighted by Crippen LogP contribution is 2.40. The van der Waals surface area contributed by atoms with Crippen molar-refractivity contribution in [3.63, 3.8) is 0 Å². The Morgan fingerprint density at radius 3 is 2.57 bits per heavy atom. The maximum atomic E-state index is 13.9. The number of hydrogen-bond acceptors (Lipinski definition) is 4. The summed E-state index contributed by atoms with van der Waals surface area (Å²) >= 11 is 0. The van der Waals surface area contributed by atoms with E-state index in [1.54, 1.807) is 0 Å². The van der Waals surface area contributed by atoms with Crippen LogP contribution in [0.4, 0.5) is 13.2 Å². The van der Waals surface area contributed by atoms with Crippen LogP contribution in [0.5, 0.6) is 11.5 Å². The molecule has 120 valence electrons. The standard InChI is InChI=1S/C15H10F3NO4/c16-9-6-11(18)10(17)4-7(9)15-12(19(21)22)5-8-13(20)2-1-3-14(8)23-15/h1-4,6,12,15,20H,5H2. The lowest BCUT2D eigenvalue weighted by Crippen LogP contribution is -2.37. The first-order valence-electron chi connectivity index (χ1n) is 6.64. The fourth-order valence-electron chi connectivity index (χ4n) is 2.61. The number of phenols is 1. The fourth-order valence-corrected chi connectivity index (χ4v) is 2.61. The maximum absolute atomic E-state index is 13.9. The molecule has 2 aromatic carbocycles. The molecule has 23 heavy (non-hydrogen) atoms. The summed E-state index contributed by atoms with van der Waals surface area (Å²) < 4.78 is 45.8. The van der Waals surface area contributed by atoms with E-state index >= 15 is 0 Å². The van der Waals surface area contributed by atoms with Crippen LogP contribution in [0, 0.1) is 27.6 Å². The zero-order valence-electron chi connectivity index (χ0n) is 11.5. The minimum absolute atomic E-state index is 0.136. The van der Waals surface area contributed by atoms with Crippen LogP contribution >= 0.6 is 0 Å². The van der Waals surface area contributed by atoms with E-state index < -0.39 is 40.1 Å². The molecule has 2 atom stereocenters. The van der Waals surface area contributed by atoms with Crippen molar-refractivity contribution in [2.75, 3.05) is 0 Å². The molecule has 0 aromatic heterocycles. The van der Waals surface area contributed by atoms with Crippen LogP contribution < -0.4 is 4.74 Å². The van der Waals surface area contributed by atoms with Gasteiger partial charge in [0.1, 0.15) is 17.3 Å². The molecule has 0 saturated carbocycles. The molecule has 2 aromatic rings. The van der Waals surface area contributed by atoms with E-state index in [9.17, 15) is 28.4 Å². The molecule has 0 amide bonds. The molecule has 0 fully saturated rings. The van der Waals surface area contributed by atoms with Crippen molar-refractivity contribution in [1.29, 1.82) is 0 Å². The third kappa shape index (κ3) is 2.56. The van der Waals surface area contributed by atoms with Gasteiger partial charge in [0.15, 0.2) is 17.7 Å². The van der Waals surface area contributed by atoms with Gasteiger partial charge in [-0.2, -0.15) is 0 Å². The number of rotatable bonds is 2. The first-order valence-corrected chi connectivity index (χ1v) is 6.64. The first kappa shape index (κ1) is 15.1. The number of fused-ring (bicyclic) bond motifs is 1. The topological polar surface area (TPSA) is 72.6 Å². The summed E-state index contributed by atoms with van der Waals surface area (Å²) in [6.45, 7) is 0. The van der Waals surface area contributed by atoms with Crippen LogP contribution in [-0.4, -0.2) is 16.1 Å². The van der Waals surface area contributed by atoms with Gasteiger partial charge in [-0.25, -0.2) is 13.2 Å². The summed E-state index contributed by atoms with van der Waals surface area (Å²) in [6.07, 6.45) is -1.66. The first-order chi connectivity index (χ1) is 10.9. The van der Waals surface area contributed by atoms with E-state index in [0.29, 0.717) is 12.1 Å². The van der Waals surface area contributed by atoms with Crippen molar-refractivity contribution in [2.45, 2.75) is 18.6 Å². The van der Waals surface area contributed by atoms with Gasteiger partial charge in [0.25, 0.3) is 6.04 Å². The molecule has 0 bridgehead atoms. The molecular formula is C15H10F3NO4. The van der Waals surface area contributed by atoms with Crippen molar-refractivity contribution >= 4 is 0 Å². The average Bonchev–Trinajstić information content (AvgIpc) is 2.50. The second-order valence-corrected chi connectivity index (χ2v) is 5.14. The molecule has 1 heterocycles. The largest absolute Gasteiger partial charge is 0.508 e. The summed E-state index contributed by atoms with van der Waals surface area (Å²) in [4.78, 5) is 10.6. The lowest BCUT2D eigenvalue weighted by molar-refractivity contribution is -0.535. The van der Waals surface area contributed by atoms with Gasteiger partial charge in [0.05, 0.1) is 6.42 Å². The third-order valence-corrected chi connectivity index (χ3v) is 3.74. The molecule has 3 rings (SSSR count). The highest BCUT2D eigenvalue weighted by Gasteiger charge is 2.42. The van der Waals surface area contributed by atoms with E-state index in [1.807, 2.05) is 0 Å². The van der Waals surface area contributed by atoms with Gasteiger partial charge in [-0.05, 0) is 18.2 Å². The zero-order chi connectivity index (χ0) is 16.7.